The van der Waals surface area contributed by atoms with Crippen LogP contribution in [0.5, 0.6) is 0 Å². The van der Waals surface area contributed by atoms with Gasteiger partial charge in [-0.2, -0.15) is 0 Å². The third kappa shape index (κ3) is 4.88. The predicted molar refractivity (Wildman–Crippen MR) is 112 cm³/mol. The molecular formula is C23H20N2O5. The van der Waals surface area contributed by atoms with Crippen LogP contribution in [0.15, 0.2) is 72.8 Å². The van der Waals surface area contributed by atoms with Crippen molar-refractivity contribution in [2.45, 2.75) is 20.0 Å². The molecule has 30 heavy (non-hydrogen) atoms. The molecule has 1 amide bonds. The minimum atomic E-state index is -1.28. The molecule has 7 heteroatoms. The summed E-state index contributed by atoms with van der Waals surface area (Å²) >= 11 is 0. The van der Waals surface area contributed by atoms with E-state index in [0.29, 0.717) is 16.7 Å². The highest BCUT2D eigenvalue weighted by Crippen LogP contribution is 2.28. The van der Waals surface area contributed by atoms with Crippen molar-refractivity contribution in [3.8, 4) is 0 Å². The molecule has 0 aromatic heterocycles. The summed E-state index contributed by atoms with van der Waals surface area (Å²) in [4.78, 5) is 36.4. The van der Waals surface area contributed by atoms with Crippen molar-refractivity contribution in [2.24, 2.45) is 0 Å². The molecule has 3 rings (SSSR count). The lowest BCUT2D eigenvalue weighted by Crippen LogP contribution is -2.26. The Balaban J connectivity index is 1.91. The lowest BCUT2D eigenvalue weighted by molar-refractivity contribution is -0.384. The third-order valence-corrected chi connectivity index (χ3v) is 4.43. The van der Waals surface area contributed by atoms with Gasteiger partial charge >= 0.3 is 5.97 Å². The highest BCUT2D eigenvalue weighted by molar-refractivity contribution is 5.99. The molecule has 0 saturated heterocycles. The van der Waals surface area contributed by atoms with E-state index in [4.69, 9.17) is 4.74 Å². The van der Waals surface area contributed by atoms with E-state index in [9.17, 15) is 19.7 Å². The highest BCUT2D eigenvalue weighted by atomic mass is 16.6. The Morgan fingerprint density at radius 3 is 2.30 bits per heavy atom. The number of carbonyl (C=O) groups excluding carboxylic acids is 2. The molecule has 1 N–H and O–H groups in total. The zero-order chi connectivity index (χ0) is 21.7. The van der Waals surface area contributed by atoms with Crippen molar-refractivity contribution in [3.63, 3.8) is 0 Å². The first-order chi connectivity index (χ1) is 14.3. The van der Waals surface area contributed by atoms with Gasteiger partial charge in [-0.25, -0.2) is 4.79 Å². The number of rotatable bonds is 6. The number of amides is 1. The summed E-state index contributed by atoms with van der Waals surface area (Å²) in [7, 11) is 0. The van der Waals surface area contributed by atoms with Gasteiger partial charge in [0.05, 0.1) is 10.5 Å². The number of aryl methyl sites for hydroxylation is 2. The number of nitro groups is 1. The van der Waals surface area contributed by atoms with Crippen LogP contribution in [-0.4, -0.2) is 16.8 Å². The average Bonchev–Trinajstić information content (AvgIpc) is 2.73. The SMILES string of the molecule is Cc1cccc(C(=O)O[C@@H](C(=O)Nc2ccc(C)cc2[N+](=O)[O-])c2ccccc2)c1. The van der Waals surface area contributed by atoms with Crippen LogP contribution in [0.3, 0.4) is 0 Å². The number of benzene rings is 3. The summed E-state index contributed by atoms with van der Waals surface area (Å²) in [5, 5.41) is 13.9. The van der Waals surface area contributed by atoms with E-state index in [1.165, 1.54) is 12.1 Å². The first-order valence-electron chi connectivity index (χ1n) is 9.23. The van der Waals surface area contributed by atoms with Crippen LogP contribution in [-0.2, 0) is 9.53 Å². The summed E-state index contributed by atoms with van der Waals surface area (Å²) in [5.41, 5.74) is 2.12. The van der Waals surface area contributed by atoms with Crippen molar-refractivity contribution in [2.75, 3.05) is 5.32 Å². The lowest BCUT2D eigenvalue weighted by atomic mass is 10.1. The maximum Gasteiger partial charge on any atom is 0.339 e. The van der Waals surface area contributed by atoms with Crippen LogP contribution in [0, 0.1) is 24.0 Å². The Bertz CT molecular complexity index is 1100. The average molecular weight is 404 g/mol. The van der Waals surface area contributed by atoms with E-state index in [-0.39, 0.29) is 11.4 Å². The Hall–Kier alpha value is -4.00. The lowest BCUT2D eigenvalue weighted by Gasteiger charge is -2.18. The van der Waals surface area contributed by atoms with Gasteiger partial charge in [0, 0.05) is 11.6 Å². The van der Waals surface area contributed by atoms with Gasteiger partial charge in [0.25, 0.3) is 11.6 Å². The molecule has 0 bridgehead atoms. The smallest absolute Gasteiger partial charge is 0.339 e. The molecule has 152 valence electrons. The molecule has 0 fully saturated rings. The quantitative estimate of drug-likeness (QED) is 0.363. The Morgan fingerprint density at radius 2 is 1.63 bits per heavy atom. The second-order valence-electron chi connectivity index (χ2n) is 6.83. The number of ether oxygens (including phenoxy) is 1. The molecule has 3 aromatic rings. The fourth-order valence-corrected chi connectivity index (χ4v) is 2.94. The van der Waals surface area contributed by atoms with Gasteiger partial charge in [0.2, 0.25) is 6.10 Å². The normalized spacial score (nSPS) is 11.4. The minimum absolute atomic E-state index is 0.0307. The molecule has 0 heterocycles. The number of esters is 1. The van der Waals surface area contributed by atoms with E-state index < -0.39 is 22.9 Å². The number of nitrogens with zero attached hydrogens (tertiary/aromatic N) is 1. The monoisotopic (exact) mass is 404 g/mol. The summed E-state index contributed by atoms with van der Waals surface area (Å²) in [6.45, 7) is 3.56. The van der Waals surface area contributed by atoms with Crippen LogP contribution >= 0.6 is 0 Å². The molecule has 0 unspecified atom stereocenters. The number of anilines is 1. The zero-order valence-electron chi connectivity index (χ0n) is 16.5. The van der Waals surface area contributed by atoms with Crippen molar-refractivity contribution in [1.29, 1.82) is 0 Å². The van der Waals surface area contributed by atoms with Crippen LogP contribution in [0.4, 0.5) is 11.4 Å². The van der Waals surface area contributed by atoms with E-state index >= 15 is 0 Å². The van der Waals surface area contributed by atoms with Crippen molar-refractivity contribution in [3.05, 3.63) is 105 Å². The third-order valence-electron chi connectivity index (χ3n) is 4.43. The number of carbonyl (C=O) groups is 2. The summed E-state index contributed by atoms with van der Waals surface area (Å²) in [6.07, 6.45) is -1.28. The minimum Gasteiger partial charge on any atom is -0.444 e. The molecule has 0 saturated carbocycles. The Morgan fingerprint density at radius 1 is 0.933 bits per heavy atom. The van der Waals surface area contributed by atoms with Gasteiger partial charge in [0.1, 0.15) is 5.69 Å². The van der Waals surface area contributed by atoms with E-state index in [0.717, 1.165) is 5.56 Å². The molecule has 0 radical (unpaired) electrons. The molecule has 0 aliphatic rings. The summed E-state index contributed by atoms with van der Waals surface area (Å²) in [5.74, 6) is -1.35. The maximum atomic E-state index is 13.0. The Kier molecular flexibility index (Phi) is 6.22. The second kappa shape index (κ2) is 9.00. The molecule has 0 spiro atoms. The largest absolute Gasteiger partial charge is 0.444 e. The zero-order valence-corrected chi connectivity index (χ0v) is 16.5. The highest BCUT2D eigenvalue weighted by Gasteiger charge is 2.27. The summed E-state index contributed by atoms with van der Waals surface area (Å²) in [6, 6.07) is 19.8. The van der Waals surface area contributed by atoms with Gasteiger partial charge in [-0.1, -0.05) is 54.1 Å². The number of hydrogen-bond donors (Lipinski definition) is 1. The predicted octanol–water partition coefficient (Wildman–Crippen LogP) is 4.75. The topological polar surface area (TPSA) is 98.5 Å². The molecule has 0 aliphatic heterocycles. The number of nitro benzene ring substituents is 1. The number of nitrogens with one attached hydrogen (secondary N) is 1. The van der Waals surface area contributed by atoms with E-state index in [1.54, 1.807) is 61.5 Å². The van der Waals surface area contributed by atoms with Crippen LogP contribution in [0.1, 0.15) is 33.2 Å². The van der Waals surface area contributed by atoms with Crippen LogP contribution < -0.4 is 5.32 Å². The molecule has 7 nitrogen and oxygen atoms in total. The first kappa shape index (κ1) is 20.7. The van der Waals surface area contributed by atoms with Gasteiger partial charge in [-0.05, 0) is 37.6 Å². The molecule has 0 aliphatic carbocycles. The van der Waals surface area contributed by atoms with Crippen LogP contribution in [0.25, 0.3) is 0 Å². The van der Waals surface area contributed by atoms with Gasteiger partial charge < -0.3 is 10.1 Å². The summed E-state index contributed by atoms with van der Waals surface area (Å²) < 4.78 is 5.51. The van der Waals surface area contributed by atoms with Crippen LogP contribution in [0.2, 0.25) is 0 Å². The van der Waals surface area contributed by atoms with Gasteiger partial charge in [-0.15, -0.1) is 0 Å². The fraction of sp³-hybridized carbons (Fsp3) is 0.130. The fourth-order valence-electron chi connectivity index (χ4n) is 2.94. The Labute approximate surface area is 173 Å². The first-order valence-corrected chi connectivity index (χ1v) is 9.23. The van der Waals surface area contributed by atoms with Crippen molar-refractivity contribution in [1.82, 2.24) is 0 Å². The second-order valence-corrected chi connectivity index (χ2v) is 6.83. The van der Waals surface area contributed by atoms with Crippen molar-refractivity contribution >= 4 is 23.3 Å². The maximum absolute atomic E-state index is 13.0. The van der Waals surface area contributed by atoms with E-state index in [1.807, 2.05) is 13.0 Å². The van der Waals surface area contributed by atoms with Gasteiger partial charge in [-0.3, -0.25) is 14.9 Å². The molecule has 3 aromatic carbocycles. The van der Waals surface area contributed by atoms with E-state index in [2.05, 4.69) is 5.32 Å². The number of hydrogen-bond acceptors (Lipinski definition) is 5. The molecule has 1 atom stereocenters. The molecular weight excluding hydrogens is 384 g/mol. The standard InChI is InChI=1S/C23H20N2O5/c1-15-7-6-10-18(13-15)23(27)30-21(17-8-4-3-5-9-17)22(26)24-19-12-11-16(2)14-20(19)25(28)29/h3-14,21H,1-2H3,(H,24,26)/t21-/m1/s1. The van der Waals surface area contributed by atoms with Gasteiger partial charge in [0.15, 0.2) is 0 Å². The van der Waals surface area contributed by atoms with Crippen molar-refractivity contribution < 1.29 is 19.2 Å².